The van der Waals surface area contributed by atoms with Crippen molar-refractivity contribution in [3.63, 3.8) is 0 Å². The van der Waals surface area contributed by atoms with Crippen LogP contribution in [-0.2, 0) is 17.1 Å². The smallest absolute Gasteiger partial charge is 0.288 e. The van der Waals surface area contributed by atoms with E-state index in [0.717, 1.165) is 0 Å². The molecule has 3 heteroatoms. The van der Waals surface area contributed by atoms with E-state index < -0.39 is 15.8 Å². The monoisotopic (exact) mass is 574 g/mol. The Labute approximate surface area is 245 Å². The van der Waals surface area contributed by atoms with Crippen molar-refractivity contribution in [2.45, 2.75) is 12.6 Å². The Bertz CT molecular complexity index is 1570. The molecule has 6 rings (SSSR count). The SMILES string of the molecule is C[C@H](C1=C=C=C=C1P(c1ccccc1)c1ccccc1)P(C1=C[CH]C=C[CH-]1)c1ccccc1.[C]1=C=C=C=[C-]1.[Fe+2]. The average molecular weight is 574 g/mol. The molecule has 3 aliphatic carbocycles. The fourth-order valence-electron chi connectivity index (χ4n) is 4.38. The van der Waals surface area contributed by atoms with Gasteiger partial charge in [0, 0.05) is 16.5 Å². The van der Waals surface area contributed by atoms with Gasteiger partial charge in [-0.2, -0.15) is 24.6 Å². The average Bonchev–Trinajstić information content (AvgIpc) is 3.72. The topological polar surface area (TPSA) is 0 Å². The molecule has 0 heterocycles. The normalized spacial score (nSPS) is 15.1. The molecular weight excluding hydrogens is 550 g/mol. The maximum absolute atomic E-state index is 3.50. The van der Waals surface area contributed by atoms with Crippen LogP contribution in [0.3, 0.4) is 0 Å². The van der Waals surface area contributed by atoms with E-state index in [9.17, 15) is 0 Å². The van der Waals surface area contributed by atoms with Gasteiger partial charge in [-0.3, -0.25) is 11.5 Å². The van der Waals surface area contributed by atoms with E-state index >= 15 is 0 Å². The van der Waals surface area contributed by atoms with Crippen molar-refractivity contribution in [3.05, 3.63) is 185 Å². The van der Waals surface area contributed by atoms with Gasteiger partial charge in [-0.25, -0.2) is 5.73 Å². The first-order valence-corrected chi connectivity index (χ1v) is 15.1. The number of hydrogen-bond acceptors (Lipinski definition) is 0. The van der Waals surface area contributed by atoms with Crippen molar-refractivity contribution >= 4 is 31.8 Å². The van der Waals surface area contributed by atoms with E-state index in [0.29, 0.717) is 5.66 Å². The largest absolute Gasteiger partial charge is 2.00 e. The van der Waals surface area contributed by atoms with Gasteiger partial charge in [-0.05, 0) is 29.6 Å². The molecule has 0 N–H and O–H groups in total. The molecule has 0 amide bonds. The minimum absolute atomic E-state index is 0. The molecule has 186 valence electrons. The quantitative estimate of drug-likeness (QED) is 0.118. The first-order valence-electron chi connectivity index (χ1n) is 12.4. The zero-order valence-corrected chi connectivity index (χ0v) is 24.3. The Kier molecular flexibility index (Phi) is 10.7. The third-order valence-electron chi connectivity index (χ3n) is 6.07. The van der Waals surface area contributed by atoms with Crippen molar-refractivity contribution in [2.24, 2.45) is 0 Å². The number of allylic oxidation sites excluding steroid dienone is 8. The molecule has 0 aromatic heterocycles. The number of rotatable bonds is 7. The first kappa shape index (κ1) is 28.6. The molecule has 1 unspecified atom stereocenters. The second kappa shape index (κ2) is 14.6. The number of benzene rings is 3. The van der Waals surface area contributed by atoms with Crippen LogP contribution in [0, 0.1) is 25.0 Å². The van der Waals surface area contributed by atoms with Crippen molar-refractivity contribution in [1.29, 1.82) is 0 Å². The molecular formula is C36H24FeP2. The molecule has 0 spiro atoms. The summed E-state index contributed by atoms with van der Waals surface area (Å²) in [6, 6.07) is 32.6. The summed E-state index contributed by atoms with van der Waals surface area (Å²) in [7, 11) is -1.33. The van der Waals surface area contributed by atoms with Crippen molar-refractivity contribution in [2.75, 3.05) is 0 Å². The van der Waals surface area contributed by atoms with Crippen LogP contribution in [0.25, 0.3) is 0 Å². The van der Waals surface area contributed by atoms with Gasteiger partial charge in [-0.15, -0.1) is 23.9 Å². The van der Waals surface area contributed by atoms with Crippen LogP contribution < -0.4 is 15.9 Å². The van der Waals surface area contributed by atoms with E-state index in [4.69, 9.17) is 0 Å². The third-order valence-corrected chi connectivity index (χ3v) is 11.2. The Morgan fingerprint density at radius 3 is 1.85 bits per heavy atom. The van der Waals surface area contributed by atoms with Crippen LogP contribution >= 0.6 is 15.8 Å². The molecule has 39 heavy (non-hydrogen) atoms. The molecule has 2 radical (unpaired) electrons. The predicted octanol–water partition coefficient (Wildman–Crippen LogP) is 7.54. The van der Waals surface area contributed by atoms with Crippen molar-refractivity contribution in [3.8, 4) is 0 Å². The summed E-state index contributed by atoms with van der Waals surface area (Å²) >= 11 is 0. The minimum Gasteiger partial charge on any atom is -0.288 e. The maximum atomic E-state index is 3.50. The van der Waals surface area contributed by atoms with E-state index in [1.165, 1.54) is 32.1 Å². The van der Waals surface area contributed by atoms with E-state index in [1.807, 2.05) is 0 Å². The van der Waals surface area contributed by atoms with Crippen molar-refractivity contribution in [1.82, 2.24) is 0 Å². The molecule has 3 aromatic rings. The van der Waals surface area contributed by atoms with Crippen LogP contribution in [0.1, 0.15) is 6.92 Å². The van der Waals surface area contributed by atoms with Gasteiger partial charge in [-0.1, -0.05) is 117 Å². The molecule has 0 aliphatic heterocycles. The molecule has 3 aliphatic rings. The predicted molar refractivity (Wildman–Crippen MR) is 162 cm³/mol. The second-order valence-electron chi connectivity index (χ2n) is 8.49. The summed E-state index contributed by atoms with van der Waals surface area (Å²) in [5, 5.41) is 6.68. The Balaban J connectivity index is 0.000000530. The Morgan fingerprint density at radius 2 is 1.36 bits per heavy atom. The summed E-state index contributed by atoms with van der Waals surface area (Å²) < 4.78 is 0. The maximum Gasteiger partial charge on any atom is 2.00 e. The van der Waals surface area contributed by atoms with Crippen LogP contribution in [-0.4, -0.2) is 5.66 Å². The minimum atomic E-state index is -0.732. The third kappa shape index (κ3) is 7.15. The van der Waals surface area contributed by atoms with Gasteiger partial charge in [0.15, 0.2) is 0 Å². The summed E-state index contributed by atoms with van der Waals surface area (Å²) in [6.07, 6.45) is 15.9. The molecule has 0 saturated heterocycles. The van der Waals surface area contributed by atoms with Crippen LogP contribution in [0.2, 0.25) is 0 Å². The molecule has 0 saturated carbocycles. The fraction of sp³-hybridized carbons (Fsp3) is 0.0556. The summed E-state index contributed by atoms with van der Waals surface area (Å²) in [4.78, 5) is 0. The van der Waals surface area contributed by atoms with Crippen LogP contribution in [0.15, 0.2) is 160 Å². The first-order chi connectivity index (χ1) is 18.8. The summed E-state index contributed by atoms with van der Waals surface area (Å²) in [6.45, 7) is 2.35. The second-order valence-corrected chi connectivity index (χ2v) is 13.2. The number of hydrogen-bond donors (Lipinski definition) is 0. The molecule has 0 nitrogen and oxygen atoms in total. The van der Waals surface area contributed by atoms with Crippen LogP contribution in [0.5, 0.6) is 0 Å². The van der Waals surface area contributed by atoms with E-state index in [2.05, 4.69) is 176 Å². The Morgan fingerprint density at radius 1 is 0.744 bits per heavy atom. The summed E-state index contributed by atoms with van der Waals surface area (Å²) in [5.41, 5.74) is 19.3. The van der Waals surface area contributed by atoms with Gasteiger partial charge < -0.3 is 0 Å². The summed E-state index contributed by atoms with van der Waals surface area (Å²) in [5.74, 6) is 0. The molecule has 3 aromatic carbocycles. The van der Waals surface area contributed by atoms with Gasteiger partial charge in [0.25, 0.3) is 0 Å². The fourth-order valence-corrected chi connectivity index (χ4v) is 9.53. The van der Waals surface area contributed by atoms with E-state index in [-0.39, 0.29) is 17.1 Å². The Hall–Kier alpha value is -3.45. The van der Waals surface area contributed by atoms with Gasteiger partial charge in [0.2, 0.25) is 0 Å². The van der Waals surface area contributed by atoms with Gasteiger partial charge in [0.05, 0.1) is 0 Å². The van der Waals surface area contributed by atoms with E-state index in [1.54, 1.807) is 0 Å². The standard InChI is InChI=1S/C31H24P2.C5.Fe/c1-25(32(26-15-6-2-7-16-26)27-17-8-3-9-18-27)30-23-14-24-31(30)33(28-19-10-4-11-20-28)29-21-12-5-13-22-29;1-2-4-5-3-1;/h2-13,15-22,25H,1H3;;/q2*-1;+2/t25-;;/m1../s1. The molecule has 2 atom stereocenters. The van der Waals surface area contributed by atoms with Gasteiger partial charge >= 0.3 is 17.1 Å². The van der Waals surface area contributed by atoms with Crippen LogP contribution in [0.4, 0.5) is 0 Å². The van der Waals surface area contributed by atoms with Gasteiger partial charge in [0.1, 0.15) is 0 Å². The zero-order valence-electron chi connectivity index (χ0n) is 21.4. The van der Waals surface area contributed by atoms with Crippen molar-refractivity contribution < 1.29 is 17.1 Å². The zero-order chi connectivity index (χ0) is 26.0. The molecule has 0 bridgehead atoms. The molecule has 0 fully saturated rings.